The van der Waals surface area contributed by atoms with Crippen LogP contribution in [0.4, 0.5) is 17.3 Å². The van der Waals surface area contributed by atoms with Crippen LogP contribution >= 0.6 is 0 Å². The minimum atomic E-state index is 0.358. The van der Waals surface area contributed by atoms with Gasteiger partial charge in [-0.2, -0.15) is 0 Å². The molecule has 2 heterocycles. The van der Waals surface area contributed by atoms with Crippen LogP contribution in [0.1, 0.15) is 12.8 Å². The molecular weight excluding hydrogens is 180 g/mol. The molecule has 0 radical (unpaired) electrons. The van der Waals surface area contributed by atoms with Gasteiger partial charge in [0.25, 0.3) is 0 Å². The van der Waals surface area contributed by atoms with E-state index in [9.17, 15) is 0 Å². The maximum atomic E-state index is 5.61. The molecule has 0 saturated carbocycles. The predicted octanol–water partition coefficient (Wildman–Crippen LogP) is 0.778. The van der Waals surface area contributed by atoms with E-state index < -0.39 is 0 Å². The Bertz CT molecular complexity index is 323. The summed E-state index contributed by atoms with van der Waals surface area (Å²) in [6.45, 7) is 1.60. The third-order valence-electron chi connectivity index (χ3n) is 2.20. The van der Waals surface area contributed by atoms with Crippen LogP contribution in [0.25, 0.3) is 0 Å². The Balaban J connectivity index is 2.18. The van der Waals surface area contributed by atoms with E-state index in [0.29, 0.717) is 11.5 Å². The summed E-state index contributed by atoms with van der Waals surface area (Å²) in [6, 6.07) is 3.56. The van der Waals surface area contributed by atoms with Crippen molar-refractivity contribution in [2.45, 2.75) is 12.8 Å². The number of hydroxylamine groups is 1. The van der Waals surface area contributed by atoms with Crippen LogP contribution < -0.4 is 16.5 Å². The molecule has 0 bridgehead atoms. The van der Waals surface area contributed by atoms with Crippen LogP contribution in [-0.4, -0.2) is 18.1 Å². The molecule has 5 nitrogen and oxygen atoms in total. The quantitative estimate of drug-likeness (QED) is 0.690. The molecule has 1 saturated heterocycles. The molecule has 0 atom stereocenters. The van der Waals surface area contributed by atoms with Gasteiger partial charge in [-0.25, -0.2) is 10.0 Å². The van der Waals surface area contributed by atoms with Gasteiger partial charge >= 0.3 is 0 Å². The number of nitrogen functional groups attached to an aromatic ring is 2. The summed E-state index contributed by atoms with van der Waals surface area (Å²) in [4.78, 5) is 9.58. The van der Waals surface area contributed by atoms with Gasteiger partial charge in [-0.1, -0.05) is 0 Å². The largest absolute Gasteiger partial charge is 0.396 e. The van der Waals surface area contributed by atoms with Crippen LogP contribution in [0.5, 0.6) is 0 Å². The first kappa shape index (κ1) is 9.08. The van der Waals surface area contributed by atoms with Crippen molar-refractivity contribution in [1.29, 1.82) is 0 Å². The normalized spacial score (nSPS) is 17.0. The SMILES string of the molecule is Nc1ccc(N2CCCCO2)nc1N. The van der Waals surface area contributed by atoms with E-state index in [4.69, 9.17) is 16.3 Å². The fraction of sp³-hybridized carbons (Fsp3) is 0.444. The van der Waals surface area contributed by atoms with Crippen LogP contribution in [0.3, 0.4) is 0 Å². The smallest absolute Gasteiger partial charge is 0.154 e. The fourth-order valence-corrected chi connectivity index (χ4v) is 1.39. The van der Waals surface area contributed by atoms with Gasteiger partial charge in [-0.15, -0.1) is 0 Å². The summed E-state index contributed by atoms with van der Waals surface area (Å²) in [6.07, 6.45) is 2.22. The second kappa shape index (κ2) is 3.71. The van der Waals surface area contributed by atoms with Crippen molar-refractivity contribution in [1.82, 2.24) is 4.98 Å². The van der Waals surface area contributed by atoms with Crippen molar-refractivity contribution in [2.24, 2.45) is 0 Å². The van der Waals surface area contributed by atoms with Crippen LogP contribution in [0, 0.1) is 0 Å². The van der Waals surface area contributed by atoms with E-state index >= 15 is 0 Å². The number of pyridine rings is 1. The Morgan fingerprint density at radius 2 is 2.14 bits per heavy atom. The molecule has 0 aromatic carbocycles. The molecule has 5 heteroatoms. The second-order valence-corrected chi connectivity index (χ2v) is 3.29. The molecule has 0 amide bonds. The Morgan fingerprint density at radius 3 is 2.79 bits per heavy atom. The molecule has 0 spiro atoms. The number of nitrogens with two attached hydrogens (primary N) is 2. The third kappa shape index (κ3) is 1.72. The topological polar surface area (TPSA) is 77.4 Å². The zero-order valence-corrected chi connectivity index (χ0v) is 7.94. The van der Waals surface area contributed by atoms with E-state index in [2.05, 4.69) is 4.98 Å². The molecular formula is C9H14N4O. The van der Waals surface area contributed by atoms with Gasteiger partial charge in [0.2, 0.25) is 0 Å². The highest BCUT2D eigenvalue weighted by Crippen LogP contribution is 2.20. The summed E-state index contributed by atoms with van der Waals surface area (Å²) in [7, 11) is 0. The van der Waals surface area contributed by atoms with E-state index in [-0.39, 0.29) is 0 Å². The zero-order chi connectivity index (χ0) is 9.97. The van der Waals surface area contributed by atoms with Crippen molar-refractivity contribution in [3.05, 3.63) is 12.1 Å². The number of anilines is 3. The fourth-order valence-electron chi connectivity index (χ4n) is 1.39. The Morgan fingerprint density at radius 1 is 1.29 bits per heavy atom. The summed E-state index contributed by atoms with van der Waals surface area (Å²) < 4.78 is 0. The first-order valence-electron chi connectivity index (χ1n) is 4.70. The van der Waals surface area contributed by atoms with Crippen molar-refractivity contribution < 1.29 is 4.84 Å². The third-order valence-corrected chi connectivity index (χ3v) is 2.20. The van der Waals surface area contributed by atoms with Crippen molar-refractivity contribution >= 4 is 17.3 Å². The Labute approximate surface area is 82.6 Å². The van der Waals surface area contributed by atoms with Gasteiger partial charge < -0.3 is 11.5 Å². The van der Waals surface area contributed by atoms with Gasteiger partial charge in [0, 0.05) is 6.54 Å². The standard InChI is InChI=1S/C9H14N4O/c10-7-3-4-8(12-9(7)11)13-5-1-2-6-14-13/h3-4H,1-2,5-6,10H2,(H2,11,12). The average Bonchev–Trinajstić information content (AvgIpc) is 2.23. The van der Waals surface area contributed by atoms with Crippen molar-refractivity contribution in [3.8, 4) is 0 Å². The highest BCUT2D eigenvalue weighted by atomic mass is 16.7. The van der Waals surface area contributed by atoms with Gasteiger partial charge in [-0.05, 0) is 25.0 Å². The number of rotatable bonds is 1. The number of nitrogens with zero attached hydrogens (tertiary/aromatic N) is 2. The number of aromatic nitrogens is 1. The van der Waals surface area contributed by atoms with Crippen LogP contribution in [0.15, 0.2) is 12.1 Å². The molecule has 1 aromatic heterocycles. The average molecular weight is 194 g/mol. The second-order valence-electron chi connectivity index (χ2n) is 3.29. The molecule has 2 rings (SSSR count). The lowest BCUT2D eigenvalue weighted by atomic mass is 10.3. The van der Waals surface area contributed by atoms with Gasteiger partial charge in [0.15, 0.2) is 5.82 Å². The summed E-state index contributed by atoms with van der Waals surface area (Å²) >= 11 is 0. The zero-order valence-electron chi connectivity index (χ0n) is 7.94. The monoisotopic (exact) mass is 194 g/mol. The number of hydrogen-bond donors (Lipinski definition) is 2. The summed E-state index contributed by atoms with van der Waals surface area (Å²) in [5.41, 5.74) is 11.7. The lowest BCUT2D eigenvalue weighted by Crippen LogP contribution is -2.30. The molecule has 1 fully saturated rings. The summed E-state index contributed by atoms with van der Waals surface area (Å²) in [5.74, 6) is 1.09. The van der Waals surface area contributed by atoms with Crippen molar-refractivity contribution in [3.63, 3.8) is 0 Å². The Hall–Kier alpha value is -1.49. The van der Waals surface area contributed by atoms with E-state index in [0.717, 1.165) is 31.8 Å². The van der Waals surface area contributed by atoms with E-state index in [1.165, 1.54) is 0 Å². The molecule has 1 aliphatic rings. The van der Waals surface area contributed by atoms with Crippen LogP contribution in [0.2, 0.25) is 0 Å². The highest BCUT2D eigenvalue weighted by Gasteiger charge is 2.13. The van der Waals surface area contributed by atoms with E-state index in [1.54, 1.807) is 11.1 Å². The minimum absolute atomic E-state index is 0.358. The molecule has 0 unspecified atom stereocenters. The molecule has 14 heavy (non-hydrogen) atoms. The molecule has 4 N–H and O–H groups in total. The molecule has 1 aliphatic heterocycles. The molecule has 0 aliphatic carbocycles. The lowest BCUT2D eigenvalue weighted by Gasteiger charge is -2.26. The van der Waals surface area contributed by atoms with E-state index in [1.807, 2.05) is 6.07 Å². The van der Waals surface area contributed by atoms with Crippen molar-refractivity contribution in [2.75, 3.05) is 29.7 Å². The molecule has 76 valence electrons. The first-order valence-corrected chi connectivity index (χ1v) is 4.70. The maximum Gasteiger partial charge on any atom is 0.154 e. The summed E-state index contributed by atoms with van der Waals surface area (Å²) in [5, 5.41) is 1.76. The minimum Gasteiger partial charge on any atom is -0.396 e. The highest BCUT2D eigenvalue weighted by molar-refractivity contribution is 5.61. The predicted molar refractivity (Wildman–Crippen MR) is 55.6 cm³/mol. The van der Waals surface area contributed by atoms with Gasteiger partial charge in [-0.3, -0.25) is 4.84 Å². The lowest BCUT2D eigenvalue weighted by molar-refractivity contribution is 0.0762. The number of hydrogen-bond acceptors (Lipinski definition) is 5. The van der Waals surface area contributed by atoms with Crippen LogP contribution in [-0.2, 0) is 4.84 Å². The van der Waals surface area contributed by atoms with Gasteiger partial charge in [0.1, 0.15) is 5.82 Å². The maximum absolute atomic E-state index is 5.61. The Kier molecular flexibility index (Phi) is 2.41. The molecule has 1 aromatic rings. The van der Waals surface area contributed by atoms with Gasteiger partial charge in [0.05, 0.1) is 12.3 Å². The first-order chi connectivity index (χ1) is 6.77.